The van der Waals surface area contributed by atoms with Crippen LogP contribution in [0, 0.1) is 5.82 Å². The van der Waals surface area contributed by atoms with Crippen LogP contribution in [0.1, 0.15) is 5.56 Å². The number of nitrogens with one attached hydrogen (secondary N) is 1. The Balaban J connectivity index is 1.32. The van der Waals surface area contributed by atoms with Gasteiger partial charge in [0.05, 0.1) is 36.3 Å². The molecule has 184 valence electrons. The van der Waals surface area contributed by atoms with Crippen molar-refractivity contribution in [3.05, 3.63) is 70.2 Å². The van der Waals surface area contributed by atoms with Crippen LogP contribution in [0.15, 0.2) is 48.8 Å². The van der Waals surface area contributed by atoms with Gasteiger partial charge >= 0.3 is 0 Å². The number of hydrogen-bond acceptors (Lipinski definition) is 6. The van der Waals surface area contributed by atoms with Gasteiger partial charge in [0.15, 0.2) is 5.82 Å². The molecule has 3 aromatic rings. The van der Waals surface area contributed by atoms with Gasteiger partial charge < -0.3 is 15.0 Å². The van der Waals surface area contributed by atoms with Crippen LogP contribution in [0.5, 0.6) is 5.75 Å². The van der Waals surface area contributed by atoms with Crippen LogP contribution < -0.4 is 10.1 Å². The van der Waals surface area contributed by atoms with E-state index in [9.17, 15) is 9.18 Å². The van der Waals surface area contributed by atoms with Crippen LogP contribution >= 0.6 is 23.2 Å². The van der Waals surface area contributed by atoms with E-state index in [4.69, 9.17) is 27.9 Å². The van der Waals surface area contributed by atoms with Crippen molar-refractivity contribution in [3.63, 3.8) is 0 Å². The average Bonchev–Trinajstić information content (AvgIpc) is 2.86. The molecule has 2 heterocycles. The van der Waals surface area contributed by atoms with E-state index in [0.717, 1.165) is 31.7 Å². The van der Waals surface area contributed by atoms with E-state index in [2.05, 4.69) is 32.1 Å². The monoisotopic (exact) mass is 517 g/mol. The highest BCUT2D eigenvalue weighted by Gasteiger charge is 2.17. The number of halogens is 3. The number of amides is 1. The molecule has 0 spiro atoms. The summed E-state index contributed by atoms with van der Waals surface area (Å²) >= 11 is 12.2. The molecule has 1 N–H and O–H groups in total. The van der Waals surface area contributed by atoms with E-state index in [1.165, 1.54) is 12.1 Å². The molecule has 7 nitrogen and oxygen atoms in total. The van der Waals surface area contributed by atoms with Crippen molar-refractivity contribution < 1.29 is 13.9 Å². The third kappa shape index (κ3) is 6.89. The Hall–Kier alpha value is -2.78. The molecule has 0 atom stereocenters. The largest absolute Gasteiger partial charge is 0.493 e. The fourth-order valence-corrected chi connectivity index (χ4v) is 4.31. The second-order valence-electron chi connectivity index (χ2n) is 8.37. The fourth-order valence-electron chi connectivity index (χ4n) is 3.75. The van der Waals surface area contributed by atoms with Gasteiger partial charge in [-0.05, 0) is 36.9 Å². The SMILES string of the molecule is CN1CCN(CC(=O)Nc2cnc(-c3cccc(OCCc4c(Cl)ccc(F)c4Cl)c3)nc2)CC1. The molecule has 1 saturated heterocycles. The van der Waals surface area contributed by atoms with Crippen LogP contribution in [0.4, 0.5) is 10.1 Å². The maximum atomic E-state index is 13.7. The summed E-state index contributed by atoms with van der Waals surface area (Å²) in [5, 5.41) is 3.27. The molecule has 1 amide bonds. The highest BCUT2D eigenvalue weighted by Crippen LogP contribution is 2.28. The molecule has 4 rings (SSSR count). The predicted octanol–water partition coefficient (Wildman–Crippen LogP) is 4.40. The van der Waals surface area contributed by atoms with E-state index in [1.54, 1.807) is 12.4 Å². The third-order valence-corrected chi connectivity index (χ3v) is 6.51. The maximum Gasteiger partial charge on any atom is 0.238 e. The van der Waals surface area contributed by atoms with Crippen LogP contribution in [0.3, 0.4) is 0 Å². The zero-order valence-electron chi connectivity index (χ0n) is 19.3. The summed E-state index contributed by atoms with van der Waals surface area (Å²) in [4.78, 5) is 25.5. The van der Waals surface area contributed by atoms with E-state index in [1.807, 2.05) is 24.3 Å². The second-order valence-corrected chi connectivity index (χ2v) is 9.16. The Labute approximate surface area is 213 Å². The number of ether oxygens (including phenoxy) is 1. The van der Waals surface area contributed by atoms with Gasteiger partial charge in [-0.3, -0.25) is 9.69 Å². The van der Waals surface area contributed by atoms with Crippen LogP contribution in [-0.4, -0.2) is 72.1 Å². The first-order valence-corrected chi connectivity index (χ1v) is 12.0. The molecule has 1 aromatic heterocycles. The lowest BCUT2D eigenvalue weighted by Crippen LogP contribution is -2.47. The van der Waals surface area contributed by atoms with E-state index in [0.29, 0.717) is 40.8 Å². The summed E-state index contributed by atoms with van der Waals surface area (Å²) in [5.41, 5.74) is 1.82. The fraction of sp³-hybridized carbons (Fsp3) is 0.320. The molecule has 10 heteroatoms. The highest BCUT2D eigenvalue weighted by molar-refractivity contribution is 6.36. The first-order chi connectivity index (χ1) is 16.9. The molecular formula is C25H26Cl2FN5O2. The minimum absolute atomic E-state index is 0.0129. The second kappa shape index (κ2) is 11.8. The van der Waals surface area contributed by atoms with Gasteiger partial charge in [-0.15, -0.1) is 0 Å². The summed E-state index contributed by atoms with van der Waals surface area (Å²) in [7, 11) is 2.08. The Kier molecular flexibility index (Phi) is 8.51. The zero-order valence-corrected chi connectivity index (χ0v) is 20.8. The molecule has 2 aromatic carbocycles. The minimum atomic E-state index is -0.510. The summed E-state index contributed by atoms with van der Waals surface area (Å²) < 4.78 is 19.5. The number of nitrogens with zero attached hydrogens (tertiary/aromatic N) is 4. The first-order valence-electron chi connectivity index (χ1n) is 11.3. The quantitative estimate of drug-likeness (QED) is 0.446. The molecular weight excluding hydrogens is 492 g/mol. The highest BCUT2D eigenvalue weighted by atomic mass is 35.5. The molecule has 1 fully saturated rings. The molecule has 1 aliphatic rings. The number of carbonyl (C=O) groups is 1. The summed E-state index contributed by atoms with van der Waals surface area (Å²) in [6.45, 7) is 4.28. The summed E-state index contributed by atoms with van der Waals surface area (Å²) in [6, 6.07) is 10.0. The number of hydrogen-bond donors (Lipinski definition) is 1. The van der Waals surface area contributed by atoms with Gasteiger partial charge in [0, 0.05) is 43.2 Å². The van der Waals surface area contributed by atoms with Gasteiger partial charge in [0.2, 0.25) is 5.91 Å². The van der Waals surface area contributed by atoms with Gasteiger partial charge in [-0.25, -0.2) is 14.4 Å². The molecule has 1 aliphatic heterocycles. The van der Waals surface area contributed by atoms with Crippen molar-refractivity contribution in [1.29, 1.82) is 0 Å². The Morgan fingerprint density at radius 2 is 1.86 bits per heavy atom. The maximum absolute atomic E-state index is 13.7. The summed E-state index contributed by atoms with van der Waals surface area (Å²) in [5.74, 6) is 0.520. The van der Waals surface area contributed by atoms with Crippen LogP contribution in [-0.2, 0) is 11.2 Å². The summed E-state index contributed by atoms with van der Waals surface area (Å²) in [6.07, 6.45) is 3.54. The number of piperazine rings is 1. The van der Waals surface area contributed by atoms with Crippen molar-refractivity contribution in [2.24, 2.45) is 0 Å². The van der Waals surface area contributed by atoms with Crippen molar-refractivity contribution in [2.45, 2.75) is 6.42 Å². The smallest absolute Gasteiger partial charge is 0.238 e. The molecule has 0 unspecified atom stereocenters. The van der Waals surface area contributed by atoms with E-state index in [-0.39, 0.29) is 17.5 Å². The lowest BCUT2D eigenvalue weighted by atomic mass is 10.1. The van der Waals surface area contributed by atoms with E-state index >= 15 is 0 Å². The number of anilines is 1. The van der Waals surface area contributed by atoms with Gasteiger partial charge in [-0.2, -0.15) is 0 Å². The minimum Gasteiger partial charge on any atom is -0.493 e. The normalized spacial score (nSPS) is 14.6. The number of aromatic nitrogens is 2. The Bertz CT molecular complexity index is 1170. The van der Waals surface area contributed by atoms with E-state index < -0.39 is 5.82 Å². The predicted molar refractivity (Wildman–Crippen MR) is 136 cm³/mol. The Morgan fingerprint density at radius 1 is 1.11 bits per heavy atom. The Morgan fingerprint density at radius 3 is 2.60 bits per heavy atom. The third-order valence-electron chi connectivity index (χ3n) is 5.75. The molecule has 0 aliphatic carbocycles. The van der Waals surface area contributed by atoms with Gasteiger partial charge in [0.1, 0.15) is 11.6 Å². The zero-order chi connectivity index (χ0) is 24.8. The number of benzene rings is 2. The number of likely N-dealkylation sites (N-methyl/N-ethyl adjacent to an activating group) is 1. The lowest BCUT2D eigenvalue weighted by Gasteiger charge is -2.31. The van der Waals surface area contributed by atoms with Crippen molar-refractivity contribution in [2.75, 3.05) is 51.7 Å². The van der Waals surface area contributed by atoms with Crippen molar-refractivity contribution in [3.8, 4) is 17.1 Å². The van der Waals surface area contributed by atoms with Gasteiger partial charge in [-0.1, -0.05) is 35.3 Å². The van der Waals surface area contributed by atoms with Crippen molar-refractivity contribution in [1.82, 2.24) is 19.8 Å². The molecule has 0 bridgehead atoms. The molecule has 35 heavy (non-hydrogen) atoms. The molecule has 0 radical (unpaired) electrons. The lowest BCUT2D eigenvalue weighted by molar-refractivity contribution is -0.117. The standard InChI is InChI=1S/C25H26Cl2FN5O2/c1-32-8-10-33(11-9-32)16-23(34)31-18-14-29-25(30-15-18)17-3-2-4-19(13-17)35-12-7-20-21(26)5-6-22(28)24(20)27/h2-6,13-15H,7-12,16H2,1H3,(H,31,34). The first kappa shape index (κ1) is 25.3. The van der Waals surface area contributed by atoms with Gasteiger partial charge in [0.25, 0.3) is 0 Å². The average molecular weight is 518 g/mol. The van der Waals surface area contributed by atoms with Crippen LogP contribution in [0.2, 0.25) is 10.0 Å². The van der Waals surface area contributed by atoms with Crippen LogP contribution in [0.25, 0.3) is 11.4 Å². The topological polar surface area (TPSA) is 70.6 Å². The number of rotatable bonds is 8. The van der Waals surface area contributed by atoms with Crippen molar-refractivity contribution >= 4 is 34.8 Å². The number of carbonyl (C=O) groups excluding carboxylic acids is 1. The molecule has 0 saturated carbocycles.